The van der Waals surface area contributed by atoms with E-state index in [4.69, 9.17) is 4.74 Å². The Morgan fingerprint density at radius 3 is 2.41 bits per heavy atom. The van der Waals surface area contributed by atoms with Gasteiger partial charge in [-0.05, 0) is 46.9 Å². The van der Waals surface area contributed by atoms with E-state index < -0.39 is 22.8 Å². The van der Waals surface area contributed by atoms with E-state index in [2.05, 4.69) is 0 Å². The predicted octanol–water partition coefficient (Wildman–Crippen LogP) is 5.84. The summed E-state index contributed by atoms with van der Waals surface area (Å²) in [4.78, 5) is 24.6. The van der Waals surface area contributed by atoms with Crippen LogP contribution >= 0.6 is 0 Å². The molecule has 1 heterocycles. The minimum Gasteiger partial charge on any atom is -0.403 e. The molecule has 1 aliphatic rings. The monoisotopic (exact) mass is 442 g/mol. The highest BCUT2D eigenvalue weighted by molar-refractivity contribution is 5.74. The Hall–Kier alpha value is -3.88. The molecular formula is C23H17F3N2O4. The van der Waals surface area contributed by atoms with Crippen molar-refractivity contribution >= 4 is 11.8 Å². The van der Waals surface area contributed by atoms with Crippen molar-refractivity contribution in [3.8, 4) is 16.9 Å². The van der Waals surface area contributed by atoms with Gasteiger partial charge in [-0.25, -0.2) is 4.79 Å². The first-order chi connectivity index (χ1) is 15.2. The molecule has 0 radical (unpaired) electrons. The van der Waals surface area contributed by atoms with E-state index in [1.54, 1.807) is 6.07 Å². The summed E-state index contributed by atoms with van der Waals surface area (Å²) in [6, 6.07) is 16.1. The molecule has 0 atom stereocenters. The topological polar surface area (TPSA) is 72.7 Å². The molecule has 1 amide bonds. The van der Waals surface area contributed by atoms with E-state index in [0.29, 0.717) is 18.5 Å². The van der Waals surface area contributed by atoms with Crippen LogP contribution < -0.4 is 4.74 Å². The maximum atomic E-state index is 12.9. The number of ether oxygens (including phenoxy) is 1. The number of alkyl halides is 3. The van der Waals surface area contributed by atoms with E-state index in [1.807, 2.05) is 12.1 Å². The highest BCUT2D eigenvalue weighted by atomic mass is 19.4. The number of para-hydroxylation sites is 2. The lowest BCUT2D eigenvalue weighted by molar-refractivity contribution is -0.385. The van der Waals surface area contributed by atoms with Crippen LogP contribution in [0.15, 0.2) is 66.7 Å². The van der Waals surface area contributed by atoms with Gasteiger partial charge in [0, 0.05) is 19.2 Å². The average molecular weight is 442 g/mol. The van der Waals surface area contributed by atoms with Crippen molar-refractivity contribution in [2.45, 2.75) is 19.1 Å². The summed E-state index contributed by atoms with van der Waals surface area (Å²) in [6.45, 7) is 0.535. The molecule has 0 bridgehead atoms. The third-order valence-electron chi connectivity index (χ3n) is 5.31. The van der Waals surface area contributed by atoms with Gasteiger partial charge in [0.1, 0.15) is 0 Å². The normalized spacial score (nSPS) is 13.4. The molecule has 0 saturated carbocycles. The molecule has 6 nitrogen and oxygen atoms in total. The molecular weight excluding hydrogens is 425 g/mol. The summed E-state index contributed by atoms with van der Waals surface area (Å²) < 4.78 is 43.8. The summed E-state index contributed by atoms with van der Waals surface area (Å²) in [5, 5.41) is 11.1. The lowest BCUT2D eigenvalue weighted by Gasteiger charge is -2.29. The molecule has 4 rings (SSSR count). The Morgan fingerprint density at radius 2 is 1.72 bits per heavy atom. The molecule has 1 aliphatic heterocycles. The third kappa shape index (κ3) is 4.27. The second kappa shape index (κ2) is 8.33. The first-order valence-electron chi connectivity index (χ1n) is 9.72. The number of rotatable bonds is 3. The zero-order chi connectivity index (χ0) is 22.9. The van der Waals surface area contributed by atoms with Crippen molar-refractivity contribution in [3.63, 3.8) is 0 Å². The van der Waals surface area contributed by atoms with Crippen molar-refractivity contribution in [2.75, 3.05) is 6.54 Å². The molecule has 9 heteroatoms. The van der Waals surface area contributed by atoms with E-state index in [-0.39, 0.29) is 18.0 Å². The molecule has 3 aromatic rings. The number of amides is 1. The van der Waals surface area contributed by atoms with Gasteiger partial charge >= 0.3 is 18.0 Å². The van der Waals surface area contributed by atoms with Crippen LogP contribution in [0.2, 0.25) is 0 Å². The lowest BCUT2D eigenvalue weighted by Crippen LogP contribution is -2.38. The average Bonchev–Trinajstić information content (AvgIpc) is 2.78. The number of hydrogen-bond acceptors (Lipinski definition) is 4. The van der Waals surface area contributed by atoms with Crippen LogP contribution in [0.5, 0.6) is 5.75 Å². The van der Waals surface area contributed by atoms with Crippen molar-refractivity contribution in [1.82, 2.24) is 4.90 Å². The molecule has 164 valence electrons. The first kappa shape index (κ1) is 21.4. The number of nitrogens with zero attached hydrogens (tertiary/aromatic N) is 2. The summed E-state index contributed by atoms with van der Waals surface area (Å²) in [5.74, 6) is -0.133. The predicted molar refractivity (Wildman–Crippen MR) is 110 cm³/mol. The van der Waals surface area contributed by atoms with Crippen LogP contribution in [-0.4, -0.2) is 22.5 Å². The van der Waals surface area contributed by atoms with E-state index >= 15 is 0 Å². The Kier molecular flexibility index (Phi) is 5.56. The van der Waals surface area contributed by atoms with Crippen LogP contribution in [0, 0.1) is 10.1 Å². The molecule has 32 heavy (non-hydrogen) atoms. The second-order valence-electron chi connectivity index (χ2n) is 7.28. The number of carbonyl (C=O) groups excluding carboxylic acids is 1. The Balaban J connectivity index is 1.54. The van der Waals surface area contributed by atoms with Crippen molar-refractivity contribution in [1.29, 1.82) is 0 Å². The van der Waals surface area contributed by atoms with Crippen LogP contribution in [0.4, 0.5) is 23.7 Å². The van der Waals surface area contributed by atoms with Gasteiger partial charge < -0.3 is 9.64 Å². The fourth-order valence-corrected chi connectivity index (χ4v) is 3.73. The van der Waals surface area contributed by atoms with E-state index in [0.717, 1.165) is 28.8 Å². The zero-order valence-electron chi connectivity index (χ0n) is 16.6. The van der Waals surface area contributed by atoms with Crippen molar-refractivity contribution in [3.05, 3.63) is 93.5 Å². The van der Waals surface area contributed by atoms with Gasteiger partial charge in [0.25, 0.3) is 0 Å². The zero-order valence-corrected chi connectivity index (χ0v) is 16.6. The second-order valence-corrected chi connectivity index (χ2v) is 7.28. The summed E-state index contributed by atoms with van der Waals surface area (Å²) in [7, 11) is 0. The number of hydrogen-bond donors (Lipinski definition) is 0. The van der Waals surface area contributed by atoms with Crippen LogP contribution in [0.1, 0.15) is 16.7 Å². The number of fused-ring (bicyclic) bond motifs is 1. The maximum absolute atomic E-state index is 12.9. The van der Waals surface area contributed by atoms with Crippen LogP contribution in [0.25, 0.3) is 11.1 Å². The summed E-state index contributed by atoms with van der Waals surface area (Å²) in [6.07, 6.45) is -4.63. The van der Waals surface area contributed by atoms with E-state index in [9.17, 15) is 28.1 Å². The highest BCUT2D eigenvalue weighted by Crippen LogP contribution is 2.34. The molecule has 0 spiro atoms. The van der Waals surface area contributed by atoms with Gasteiger partial charge in [-0.2, -0.15) is 13.2 Å². The molecule has 0 unspecified atom stereocenters. The number of nitro benzene ring substituents is 1. The largest absolute Gasteiger partial charge is 0.416 e. The number of halogens is 3. The SMILES string of the molecule is O=C(Oc1ccccc1[N+](=O)[O-])N1CCc2c(cccc2-c2ccc(C(F)(F)F)cc2)C1. The standard InChI is InChI=1S/C23H17F3N2O4/c24-23(25,26)17-10-8-15(9-11-17)18-5-3-4-16-14-27(13-12-19(16)18)22(29)32-21-7-2-1-6-20(21)28(30)31/h1-11H,12-14H2. The fourth-order valence-electron chi connectivity index (χ4n) is 3.73. The Morgan fingerprint density at radius 1 is 1.00 bits per heavy atom. The van der Waals surface area contributed by atoms with Gasteiger partial charge in [-0.15, -0.1) is 0 Å². The van der Waals surface area contributed by atoms with Crippen LogP contribution in [0.3, 0.4) is 0 Å². The number of benzene rings is 3. The van der Waals surface area contributed by atoms with Gasteiger partial charge in [-0.1, -0.05) is 42.5 Å². The van der Waals surface area contributed by atoms with Gasteiger partial charge in [0.05, 0.1) is 10.5 Å². The maximum Gasteiger partial charge on any atom is 0.416 e. The molecule has 0 N–H and O–H groups in total. The third-order valence-corrected chi connectivity index (χ3v) is 5.31. The molecule has 0 fully saturated rings. The minimum absolute atomic E-state index is 0.133. The molecule has 3 aromatic carbocycles. The smallest absolute Gasteiger partial charge is 0.403 e. The molecule has 0 aliphatic carbocycles. The van der Waals surface area contributed by atoms with Crippen molar-refractivity contribution in [2.24, 2.45) is 0 Å². The highest BCUT2D eigenvalue weighted by Gasteiger charge is 2.30. The Labute approximate surface area is 181 Å². The lowest BCUT2D eigenvalue weighted by atomic mass is 9.90. The first-order valence-corrected chi connectivity index (χ1v) is 9.72. The quantitative estimate of drug-likeness (QED) is 0.378. The van der Waals surface area contributed by atoms with Crippen LogP contribution in [-0.2, 0) is 19.1 Å². The number of carbonyl (C=O) groups is 1. The summed E-state index contributed by atoms with van der Waals surface area (Å²) >= 11 is 0. The number of nitro groups is 1. The fraction of sp³-hybridized carbons (Fsp3) is 0.174. The van der Waals surface area contributed by atoms with E-state index in [1.165, 1.54) is 41.3 Å². The molecule has 0 aromatic heterocycles. The van der Waals surface area contributed by atoms with Gasteiger partial charge in [0.2, 0.25) is 5.75 Å². The van der Waals surface area contributed by atoms with Gasteiger partial charge in [0.15, 0.2) is 0 Å². The summed E-state index contributed by atoms with van der Waals surface area (Å²) in [5.41, 5.74) is 2.24. The van der Waals surface area contributed by atoms with Crippen molar-refractivity contribution < 1.29 is 27.6 Å². The minimum atomic E-state index is -4.40. The van der Waals surface area contributed by atoms with Gasteiger partial charge in [-0.3, -0.25) is 10.1 Å². The Bertz CT molecular complexity index is 1180. The molecule has 0 saturated heterocycles.